The second-order valence-corrected chi connectivity index (χ2v) is 3.52. The number of nitrogens with zero attached hydrogens (tertiary/aromatic N) is 4. The molecule has 0 saturated heterocycles. The van der Waals surface area contributed by atoms with E-state index in [0.717, 1.165) is 11.3 Å². The standard InChI is InChI=1S/C9H9N5OS/c1-6(11-15)7-2-4-8(5-3-7)14-9(16)10-12-13-14/h2-5,15H,1H3,(H,10,13,16)/b11-6+. The van der Waals surface area contributed by atoms with Gasteiger partial charge in [-0.15, -0.1) is 0 Å². The Balaban J connectivity index is 2.41. The van der Waals surface area contributed by atoms with E-state index in [1.54, 1.807) is 11.6 Å². The van der Waals surface area contributed by atoms with E-state index in [9.17, 15) is 0 Å². The highest BCUT2D eigenvalue weighted by Gasteiger charge is 2.01. The van der Waals surface area contributed by atoms with Crippen molar-refractivity contribution in [1.82, 2.24) is 20.2 Å². The van der Waals surface area contributed by atoms with Crippen LogP contribution in [0, 0.1) is 4.77 Å². The predicted molar refractivity (Wildman–Crippen MR) is 60.5 cm³/mol. The summed E-state index contributed by atoms with van der Waals surface area (Å²) in [5.41, 5.74) is 2.22. The maximum Gasteiger partial charge on any atom is 0.242 e. The topological polar surface area (TPSA) is 79.1 Å². The van der Waals surface area contributed by atoms with E-state index in [-0.39, 0.29) is 0 Å². The molecule has 0 bridgehead atoms. The van der Waals surface area contributed by atoms with E-state index in [2.05, 4.69) is 20.7 Å². The van der Waals surface area contributed by atoms with Crippen LogP contribution in [0.1, 0.15) is 12.5 Å². The number of aromatic nitrogens is 4. The first-order chi connectivity index (χ1) is 7.72. The Morgan fingerprint density at radius 3 is 2.62 bits per heavy atom. The molecule has 82 valence electrons. The zero-order valence-corrected chi connectivity index (χ0v) is 9.27. The Labute approximate surface area is 96.2 Å². The molecule has 6 nitrogen and oxygen atoms in total. The molecule has 0 spiro atoms. The molecule has 1 aromatic heterocycles. The number of hydrogen-bond acceptors (Lipinski definition) is 5. The van der Waals surface area contributed by atoms with Gasteiger partial charge >= 0.3 is 0 Å². The van der Waals surface area contributed by atoms with E-state index in [1.807, 2.05) is 24.3 Å². The summed E-state index contributed by atoms with van der Waals surface area (Å²) >= 11 is 4.97. The lowest BCUT2D eigenvalue weighted by molar-refractivity contribution is 0.319. The van der Waals surface area contributed by atoms with Crippen LogP contribution in [-0.4, -0.2) is 31.1 Å². The van der Waals surface area contributed by atoms with Crippen molar-refractivity contribution in [2.24, 2.45) is 5.16 Å². The highest BCUT2D eigenvalue weighted by Crippen LogP contribution is 2.09. The summed E-state index contributed by atoms with van der Waals surface area (Å²) in [6.45, 7) is 1.72. The zero-order valence-electron chi connectivity index (χ0n) is 8.45. The Bertz CT molecular complexity index is 568. The number of H-pyrrole nitrogens is 1. The van der Waals surface area contributed by atoms with Crippen LogP contribution in [0.4, 0.5) is 0 Å². The number of tetrazole rings is 1. The monoisotopic (exact) mass is 235 g/mol. The van der Waals surface area contributed by atoms with Crippen LogP contribution in [-0.2, 0) is 0 Å². The molecule has 0 saturated carbocycles. The molecule has 0 aliphatic rings. The SMILES string of the molecule is C/C(=N\O)c1ccc(-n2[nH]nnc2=S)cc1. The van der Waals surface area contributed by atoms with Crippen LogP contribution in [0.3, 0.4) is 0 Å². The molecule has 0 amide bonds. The fourth-order valence-corrected chi connectivity index (χ4v) is 1.46. The van der Waals surface area contributed by atoms with Gasteiger partial charge < -0.3 is 5.21 Å². The van der Waals surface area contributed by atoms with E-state index < -0.39 is 0 Å². The van der Waals surface area contributed by atoms with Gasteiger partial charge in [0.2, 0.25) is 4.77 Å². The minimum atomic E-state index is 0.361. The molecule has 0 aliphatic heterocycles. The first-order valence-electron chi connectivity index (χ1n) is 4.52. The highest BCUT2D eigenvalue weighted by atomic mass is 32.1. The Kier molecular flexibility index (Phi) is 2.78. The van der Waals surface area contributed by atoms with E-state index >= 15 is 0 Å². The summed E-state index contributed by atoms with van der Waals surface area (Å²) in [7, 11) is 0. The molecule has 2 aromatic rings. The molecular weight excluding hydrogens is 226 g/mol. The summed E-state index contributed by atoms with van der Waals surface area (Å²) in [6.07, 6.45) is 0. The van der Waals surface area contributed by atoms with E-state index in [1.165, 1.54) is 0 Å². The molecule has 16 heavy (non-hydrogen) atoms. The number of hydrogen-bond donors (Lipinski definition) is 2. The fraction of sp³-hybridized carbons (Fsp3) is 0.111. The number of benzene rings is 1. The Hall–Kier alpha value is -2.02. The third-order valence-electron chi connectivity index (χ3n) is 2.16. The van der Waals surface area contributed by atoms with Crippen molar-refractivity contribution in [1.29, 1.82) is 0 Å². The lowest BCUT2D eigenvalue weighted by Crippen LogP contribution is -1.99. The average molecular weight is 235 g/mol. The Morgan fingerprint density at radius 1 is 1.44 bits per heavy atom. The minimum Gasteiger partial charge on any atom is -0.411 e. The minimum absolute atomic E-state index is 0.361. The van der Waals surface area contributed by atoms with E-state index in [0.29, 0.717) is 10.5 Å². The molecule has 1 aromatic carbocycles. The summed E-state index contributed by atoms with van der Waals surface area (Å²) < 4.78 is 1.94. The van der Waals surface area contributed by atoms with Crippen LogP contribution in [0.5, 0.6) is 0 Å². The van der Waals surface area contributed by atoms with Gasteiger partial charge in [0, 0.05) is 0 Å². The van der Waals surface area contributed by atoms with Crippen LogP contribution >= 0.6 is 12.2 Å². The molecule has 2 rings (SSSR count). The highest BCUT2D eigenvalue weighted by molar-refractivity contribution is 7.71. The number of nitrogens with one attached hydrogen (secondary N) is 1. The van der Waals surface area contributed by atoms with Crippen LogP contribution in [0.25, 0.3) is 5.69 Å². The maximum absolute atomic E-state index is 8.63. The molecule has 0 fully saturated rings. The van der Waals surface area contributed by atoms with Gasteiger partial charge in [0.05, 0.1) is 11.4 Å². The van der Waals surface area contributed by atoms with Crippen LogP contribution in [0.15, 0.2) is 29.4 Å². The van der Waals surface area contributed by atoms with Gasteiger partial charge in [-0.1, -0.05) is 27.6 Å². The summed E-state index contributed by atoms with van der Waals surface area (Å²) in [4.78, 5) is 0. The lowest BCUT2D eigenvalue weighted by atomic mass is 10.1. The smallest absolute Gasteiger partial charge is 0.242 e. The molecule has 1 heterocycles. The molecule has 0 radical (unpaired) electrons. The van der Waals surface area contributed by atoms with Crippen LogP contribution < -0.4 is 0 Å². The van der Waals surface area contributed by atoms with Gasteiger partial charge in [-0.3, -0.25) is 0 Å². The quantitative estimate of drug-likeness (QED) is 0.358. The predicted octanol–water partition coefficient (Wildman–Crippen LogP) is 1.52. The lowest BCUT2D eigenvalue weighted by Gasteiger charge is -2.02. The largest absolute Gasteiger partial charge is 0.411 e. The second-order valence-electron chi connectivity index (χ2n) is 3.15. The third kappa shape index (κ3) is 1.84. The summed E-state index contributed by atoms with van der Waals surface area (Å²) in [6, 6.07) is 7.32. The maximum atomic E-state index is 8.63. The van der Waals surface area contributed by atoms with Crippen LogP contribution in [0.2, 0.25) is 0 Å². The van der Waals surface area contributed by atoms with Gasteiger partial charge in [0.15, 0.2) is 0 Å². The molecule has 0 unspecified atom stereocenters. The summed E-state index contributed by atoms with van der Waals surface area (Å²) in [5.74, 6) is 0. The Morgan fingerprint density at radius 2 is 2.12 bits per heavy atom. The van der Waals surface area contributed by atoms with Gasteiger partial charge in [-0.05, 0) is 36.8 Å². The number of rotatable bonds is 2. The van der Waals surface area contributed by atoms with Gasteiger partial charge in [-0.2, -0.15) is 5.21 Å². The second kappa shape index (κ2) is 4.23. The molecule has 2 N–H and O–H groups in total. The van der Waals surface area contributed by atoms with Crippen molar-refractivity contribution < 1.29 is 5.21 Å². The van der Waals surface area contributed by atoms with Crippen molar-refractivity contribution in [3.63, 3.8) is 0 Å². The zero-order chi connectivity index (χ0) is 11.5. The molecule has 7 heteroatoms. The first-order valence-corrected chi connectivity index (χ1v) is 4.93. The summed E-state index contributed by atoms with van der Waals surface area (Å²) in [5, 5.41) is 21.7. The van der Waals surface area contributed by atoms with Gasteiger partial charge in [-0.25, -0.2) is 4.68 Å². The molecule has 0 atom stereocenters. The van der Waals surface area contributed by atoms with Gasteiger partial charge in [0.1, 0.15) is 0 Å². The number of oxime groups is 1. The third-order valence-corrected chi connectivity index (χ3v) is 2.43. The van der Waals surface area contributed by atoms with Crippen molar-refractivity contribution in [2.45, 2.75) is 6.92 Å². The van der Waals surface area contributed by atoms with Crippen molar-refractivity contribution >= 4 is 17.9 Å². The molecule has 0 aliphatic carbocycles. The fourth-order valence-electron chi connectivity index (χ4n) is 1.27. The number of aromatic amines is 1. The van der Waals surface area contributed by atoms with E-state index in [4.69, 9.17) is 17.4 Å². The van der Waals surface area contributed by atoms with Crippen molar-refractivity contribution in [3.8, 4) is 5.69 Å². The van der Waals surface area contributed by atoms with Crippen molar-refractivity contribution in [2.75, 3.05) is 0 Å². The average Bonchev–Trinajstić information content (AvgIpc) is 2.75. The van der Waals surface area contributed by atoms with Gasteiger partial charge in [0.25, 0.3) is 0 Å². The molecular formula is C9H9N5OS. The normalized spacial score (nSPS) is 11.7. The van der Waals surface area contributed by atoms with Crippen molar-refractivity contribution in [3.05, 3.63) is 34.6 Å². The first kappa shape index (κ1) is 10.5.